The molecule has 0 spiro atoms. The molecule has 332 valence electrons. The van der Waals surface area contributed by atoms with E-state index in [4.69, 9.17) is 29.5 Å². The topological polar surface area (TPSA) is 299 Å². The van der Waals surface area contributed by atoms with Crippen LogP contribution in [0.2, 0.25) is 0 Å². The van der Waals surface area contributed by atoms with E-state index in [1.165, 1.54) is 84.1 Å². The van der Waals surface area contributed by atoms with Crippen molar-refractivity contribution in [2.75, 3.05) is 38.9 Å². The quantitative estimate of drug-likeness (QED) is 0.115. The first-order chi connectivity index (χ1) is 26.8. The maximum absolute atomic E-state index is 12.8. The molecule has 8 aliphatic carbocycles. The first-order valence-corrected chi connectivity index (χ1v) is 25.0. The van der Waals surface area contributed by atoms with Crippen LogP contribution in [-0.2, 0) is 18.6 Å². The minimum Gasteiger partial charge on any atom is -0.394 e. The predicted molar refractivity (Wildman–Crippen MR) is 207 cm³/mol. The normalized spacial score (nSPS) is 48.1. The summed E-state index contributed by atoms with van der Waals surface area (Å²) in [6, 6.07) is -1.82. The van der Waals surface area contributed by atoms with Gasteiger partial charge in [-0.2, -0.15) is 0 Å². The Morgan fingerprint density at radius 3 is 1.26 bits per heavy atom. The van der Waals surface area contributed by atoms with Crippen molar-refractivity contribution < 1.29 is 74.1 Å². The van der Waals surface area contributed by atoms with Crippen molar-refractivity contribution in [1.29, 1.82) is 0 Å². The SMILES string of the molecule is CN[C@H]1C(O)O[C@H](CO)[C@H](O)[C@@H]1O.O=P(O)(CCC12CC3CC(CC(C3)C1)C2)CN[C@H]1C(O)O[C@H](CO)[C@H](O)[C@@H]1O.O=P(O)(O)CCC12CC3CC(CC(C3)C1)C2. The smallest absolute Gasteiger partial charge is 0.325 e. The van der Waals surface area contributed by atoms with Crippen molar-refractivity contribution in [2.45, 2.75) is 151 Å². The van der Waals surface area contributed by atoms with Crippen LogP contribution in [0.4, 0.5) is 0 Å². The second-order valence-electron chi connectivity index (χ2n) is 19.5. The molecule has 11 atom stereocenters. The van der Waals surface area contributed by atoms with Crippen LogP contribution in [0.5, 0.6) is 0 Å². The largest absolute Gasteiger partial charge is 0.394 e. The summed E-state index contributed by atoms with van der Waals surface area (Å²) in [6.07, 6.45) is 7.31. The first kappa shape index (κ1) is 46.4. The molecule has 2 heterocycles. The van der Waals surface area contributed by atoms with Gasteiger partial charge in [-0.3, -0.25) is 14.4 Å². The molecular formula is C38H70N2O15P2. The van der Waals surface area contributed by atoms with Gasteiger partial charge >= 0.3 is 7.60 Å². The highest BCUT2D eigenvalue weighted by Crippen LogP contribution is 2.63. The number of ether oxygens (including phenoxy) is 2. The fourth-order valence-electron chi connectivity index (χ4n) is 13.0. The molecule has 19 heteroatoms. The molecule has 2 aliphatic heterocycles. The van der Waals surface area contributed by atoms with Gasteiger partial charge in [0.1, 0.15) is 36.6 Å². The summed E-state index contributed by atoms with van der Waals surface area (Å²) < 4.78 is 33.7. The van der Waals surface area contributed by atoms with E-state index in [-0.39, 0.29) is 24.0 Å². The fourth-order valence-corrected chi connectivity index (χ4v) is 15.3. The standard InChI is InChI=1S/C19H34NO7P.C12H21O3P.C7H15NO5/c21-9-14-16(22)17(23)15(18(24)27-14)20-10-28(25,26)2-1-19-6-11-3-12(7-19)5-13(4-11)8-19;13-16(14,15)2-1-12-6-9-3-10(7-12)5-11(4-9)8-12;1-8-4-6(11)5(10)3(2-9)13-7(4)12/h11-18,20-24H,1-10H2,(H,25,26);9-11H,1-8H2,(H2,13,14,15);3-12H,2H2,1H3/t11?,12?,13?,14-,15-,16+,17-,18?,19?;;3-,4-,5+,6-,7?/m1.1/s1. The van der Waals surface area contributed by atoms with Crippen molar-refractivity contribution in [1.82, 2.24) is 10.6 Å². The van der Waals surface area contributed by atoms with Crippen LogP contribution in [0.25, 0.3) is 0 Å². The average molecular weight is 857 g/mol. The number of hydrogen-bond donors (Lipinski definition) is 13. The van der Waals surface area contributed by atoms with Gasteiger partial charge in [0, 0.05) is 6.16 Å². The lowest BCUT2D eigenvalue weighted by Gasteiger charge is -2.57. The highest BCUT2D eigenvalue weighted by Gasteiger charge is 2.52. The summed E-state index contributed by atoms with van der Waals surface area (Å²) in [4.78, 5) is 28.5. The van der Waals surface area contributed by atoms with E-state index in [0.717, 1.165) is 48.3 Å². The molecule has 8 bridgehead atoms. The molecular weight excluding hydrogens is 786 g/mol. The van der Waals surface area contributed by atoms with Crippen LogP contribution >= 0.6 is 15.0 Å². The zero-order chi connectivity index (χ0) is 41.5. The second kappa shape index (κ2) is 18.7. The Bertz CT molecular complexity index is 1350. The van der Waals surface area contributed by atoms with Crippen LogP contribution < -0.4 is 10.6 Å². The Balaban J connectivity index is 0.000000160. The number of aliphatic hydroxyl groups is 8. The summed E-state index contributed by atoms with van der Waals surface area (Å²) in [7, 11) is -5.75. The minimum atomic E-state index is -3.79. The molecule has 57 heavy (non-hydrogen) atoms. The zero-order valence-corrected chi connectivity index (χ0v) is 34.9. The Morgan fingerprint density at radius 1 is 0.561 bits per heavy atom. The molecule has 10 rings (SSSR count). The van der Waals surface area contributed by atoms with E-state index in [1.807, 2.05) is 0 Å². The molecule has 0 aromatic heterocycles. The molecule has 3 unspecified atom stereocenters. The predicted octanol–water partition coefficient (Wildman–Crippen LogP) is -0.0134. The van der Waals surface area contributed by atoms with Gasteiger partial charge in [-0.25, -0.2) is 0 Å². The summed E-state index contributed by atoms with van der Waals surface area (Å²) in [6.45, 7) is -0.975. The van der Waals surface area contributed by atoms with Crippen molar-refractivity contribution in [3.8, 4) is 0 Å². The molecule has 10 aliphatic rings. The highest BCUT2D eigenvalue weighted by molar-refractivity contribution is 7.57. The molecule has 2 saturated heterocycles. The van der Waals surface area contributed by atoms with Crippen LogP contribution in [0.1, 0.15) is 89.9 Å². The third-order valence-electron chi connectivity index (χ3n) is 15.0. The number of likely N-dealkylation sites (N-methyl/N-ethyl adjacent to an activating group) is 1. The molecule has 0 radical (unpaired) electrons. The van der Waals surface area contributed by atoms with Crippen LogP contribution in [0, 0.1) is 46.3 Å². The van der Waals surface area contributed by atoms with Gasteiger partial charge in [0.25, 0.3) is 0 Å². The lowest BCUT2D eigenvalue weighted by atomic mass is 9.49. The van der Waals surface area contributed by atoms with Crippen LogP contribution in [-0.4, -0.2) is 156 Å². The summed E-state index contributed by atoms with van der Waals surface area (Å²) in [5, 5.41) is 81.4. The number of aliphatic hydroxyl groups excluding tert-OH is 8. The van der Waals surface area contributed by atoms with E-state index >= 15 is 0 Å². The highest BCUT2D eigenvalue weighted by atomic mass is 31.2. The lowest BCUT2D eigenvalue weighted by molar-refractivity contribution is -0.253. The van der Waals surface area contributed by atoms with Crippen molar-refractivity contribution in [3.63, 3.8) is 0 Å². The van der Waals surface area contributed by atoms with Gasteiger partial charge < -0.3 is 70.3 Å². The molecule has 8 saturated carbocycles. The Kier molecular flexibility index (Phi) is 15.2. The maximum Gasteiger partial charge on any atom is 0.325 e. The van der Waals surface area contributed by atoms with Crippen molar-refractivity contribution in [2.24, 2.45) is 46.3 Å². The molecule has 0 amide bonds. The summed E-state index contributed by atoms with van der Waals surface area (Å²) in [5.74, 6) is 5.03. The second-order valence-corrected chi connectivity index (χ2v) is 23.7. The molecule has 10 fully saturated rings. The van der Waals surface area contributed by atoms with Gasteiger partial charge in [0.2, 0.25) is 7.37 Å². The Morgan fingerprint density at radius 2 is 0.912 bits per heavy atom. The van der Waals surface area contributed by atoms with E-state index in [9.17, 15) is 44.7 Å². The van der Waals surface area contributed by atoms with E-state index in [1.54, 1.807) is 0 Å². The Hall–Kier alpha value is -0.140. The molecule has 0 aromatic carbocycles. The molecule has 13 N–H and O–H groups in total. The third-order valence-corrected chi connectivity index (χ3v) is 17.4. The van der Waals surface area contributed by atoms with Crippen LogP contribution in [0.3, 0.4) is 0 Å². The monoisotopic (exact) mass is 856 g/mol. The van der Waals surface area contributed by atoms with Gasteiger partial charge in [-0.05, 0) is 143 Å². The van der Waals surface area contributed by atoms with E-state index in [2.05, 4.69) is 10.6 Å². The fraction of sp³-hybridized carbons (Fsp3) is 1.00. The average Bonchev–Trinajstić information content (AvgIpc) is 3.12. The molecule has 17 nitrogen and oxygen atoms in total. The molecule has 0 aromatic rings. The summed E-state index contributed by atoms with van der Waals surface area (Å²) in [5.41, 5.74) is 0.542. The maximum atomic E-state index is 12.8. The zero-order valence-electron chi connectivity index (χ0n) is 33.1. The van der Waals surface area contributed by atoms with Crippen molar-refractivity contribution in [3.05, 3.63) is 0 Å². The third kappa shape index (κ3) is 11.3. The number of rotatable bonds is 12. The van der Waals surface area contributed by atoms with E-state index < -0.39 is 89.5 Å². The minimum absolute atomic E-state index is 0.110. The Labute approximate surface area is 335 Å². The number of hydrogen-bond acceptors (Lipinski definition) is 14. The first-order valence-electron chi connectivity index (χ1n) is 21.1. The van der Waals surface area contributed by atoms with Crippen LogP contribution in [0.15, 0.2) is 0 Å². The summed E-state index contributed by atoms with van der Waals surface area (Å²) >= 11 is 0. The van der Waals surface area contributed by atoms with Gasteiger partial charge in [0.05, 0.1) is 37.7 Å². The van der Waals surface area contributed by atoms with Crippen molar-refractivity contribution >= 4 is 15.0 Å². The number of nitrogens with one attached hydrogen (secondary N) is 2. The van der Waals surface area contributed by atoms with E-state index in [0.29, 0.717) is 5.41 Å². The lowest BCUT2D eigenvalue weighted by Crippen LogP contribution is -2.63. The van der Waals surface area contributed by atoms with Gasteiger partial charge in [-0.15, -0.1) is 0 Å². The van der Waals surface area contributed by atoms with Gasteiger partial charge in [0.15, 0.2) is 12.6 Å². The van der Waals surface area contributed by atoms with Gasteiger partial charge in [-0.1, -0.05) is 0 Å².